The molecule has 2 aromatic rings. The lowest BCUT2D eigenvalue weighted by molar-refractivity contribution is 0.374. The van der Waals surface area contributed by atoms with Crippen molar-refractivity contribution in [1.29, 1.82) is 0 Å². The maximum atomic E-state index is 13.5. The van der Waals surface area contributed by atoms with Crippen LogP contribution in [-0.4, -0.2) is 12.6 Å². The van der Waals surface area contributed by atoms with E-state index in [1.54, 1.807) is 6.07 Å². The maximum Gasteiger partial charge on any atom is 0.169 e. The highest BCUT2D eigenvalue weighted by Crippen LogP contribution is 2.23. The largest absolute Gasteiger partial charge is 0.458 e. The molecule has 0 aliphatic carbocycles. The fraction of sp³-hybridized carbons (Fsp3) is 0.500. The van der Waals surface area contributed by atoms with Gasteiger partial charge in [-0.1, -0.05) is 32.9 Å². The van der Waals surface area contributed by atoms with Crippen LogP contribution in [0.4, 0.5) is 4.39 Å². The lowest BCUT2D eigenvalue weighted by Crippen LogP contribution is -2.34. The van der Waals surface area contributed by atoms with Gasteiger partial charge in [-0.3, -0.25) is 0 Å². The molecule has 0 bridgehead atoms. The summed E-state index contributed by atoms with van der Waals surface area (Å²) in [6, 6.07) is 7.46. The highest BCUT2D eigenvalue weighted by atomic mass is 19.1. The standard InChI is InChI=1S/C16H22FNO/c1-4-18-15(11(2)3)9-8-13-10-12-6-5-7-14(17)16(12)19-13/h5-7,10-11,15,18H,4,8-9H2,1-3H3. The van der Waals surface area contributed by atoms with Crippen LogP contribution < -0.4 is 5.32 Å². The number of furan rings is 1. The average Bonchev–Trinajstić information content (AvgIpc) is 2.78. The molecule has 0 spiro atoms. The number of halogens is 1. The van der Waals surface area contributed by atoms with E-state index >= 15 is 0 Å². The number of hydrogen-bond acceptors (Lipinski definition) is 2. The molecule has 0 aliphatic rings. The van der Waals surface area contributed by atoms with Gasteiger partial charge in [-0.05, 0) is 31.0 Å². The summed E-state index contributed by atoms with van der Waals surface area (Å²) >= 11 is 0. The lowest BCUT2D eigenvalue weighted by atomic mass is 9.98. The number of aryl methyl sites for hydroxylation is 1. The van der Waals surface area contributed by atoms with Crippen LogP contribution in [0.3, 0.4) is 0 Å². The molecule has 2 nitrogen and oxygen atoms in total. The molecule has 0 amide bonds. The Morgan fingerprint density at radius 1 is 1.32 bits per heavy atom. The van der Waals surface area contributed by atoms with Crippen molar-refractivity contribution < 1.29 is 8.81 Å². The predicted octanol–water partition coefficient (Wildman–Crippen LogP) is 4.14. The van der Waals surface area contributed by atoms with E-state index in [0.717, 1.165) is 30.5 Å². The summed E-state index contributed by atoms with van der Waals surface area (Å²) in [4.78, 5) is 0. The van der Waals surface area contributed by atoms with Gasteiger partial charge in [0.15, 0.2) is 11.4 Å². The van der Waals surface area contributed by atoms with Gasteiger partial charge in [0.1, 0.15) is 5.76 Å². The van der Waals surface area contributed by atoms with Crippen LogP contribution in [0, 0.1) is 11.7 Å². The maximum absolute atomic E-state index is 13.5. The van der Waals surface area contributed by atoms with Crippen molar-refractivity contribution in [3.63, 3.8) is 0 Å². The van der Waals surface area contributed by atoms with E-state index in [-0.39, 0.29) is 5.82 Å². The quantitative estimate of drug-likeness (QED) is 0.847. The van der Waals surface area contributed by atoms with Crippen LogP contribution in [0.5, 0.6) is 0 Å². The Bertz CT molecular complexity index is 533. The van der Waals surface area contributed by atoms with Gasteiger partial charge in [0.05, 0.1) is 0 Å². The van der Waals surface area contributed by atoms with Crippen LogP contribution >= 0.6 is 0 Å². The Morgan fingerprint density at radius 2 is 2.11 bits per heavy atom. The van der Waals surface area contributed by atoms with E-state index in [1.165, 1.54) is 6.07 Å². The smallest absolute Gasteiger partial charge is 0.169 e. The molecule has 0 aliphatic heterocycles. The van der Waals surface area contributed by atoms with Crippen LogP contribution in [0.1, 0.15) is 33.0 Å². The molecule has 1 atom stereocenters. The third-order valence-corrected chi connectivity index (χ3v) is 3.52. The van der Waals surface area contributed by atoms with E-state index in [1.807, 2.05) is 12.1 Å². The summed E-state index contributed by atoms with van der Waals surface area (Å²) < 4.78 is 19.1. The second kappa shape index (κ2) is 6.20. The average molecular weight is 263 g/mol. The molecule has 0 radical (unpaired) electrons. The van der Waals surface area contributed by atoms with Gasteiger partial charge in [0.25, 0.3) is 0 Å². The summed E-state index contributed by atoms with van der Waals surface area (Å²) in [6.45, 7) is 7.51. The first-order chi connectivity index (χ1) is 9.11. The number of para-hydroxylation sites is 1. The van der Waals surface area contributed by atoms with E-state index < -0.39 is 0 Å². The van der Waals surface area contributed by atoms with Gasteiger partial charge in [-0.15, -0.1) is 0 Å². The summed E-state index contributed by atoms with van der Waals surface area (Å²) in [5.74, 6) is 1.17. The Kier molecular flexibility index (Phi) is 4.59. The lowest BCUT2D eigenvalue weighted by Gasteiger charge is -2.21. The Hall–Kier alpha value is -1.35. The van der Waals surface area contributed by atoms with Gasteiger partial charge in [-0.25, -0.2) is 4.39 Å². The van der Waals surface area contributed by atoms with Crippen molar-refractivity contribution in [3.05, 3.63) is 35.8 Å². The SMILES string of the molecule is CCNC(CCc1cc2cccc(F)c2o1)C(C)C. The van der Waals surface area contributed by atoms with Crippen LogP contribution in [-0.2, 0) is 6.42 Å². The Morgan fingerprint density at radius 3 is 2.74 bits per heavy atom. The number of benzene rings is 1. The first-order valence-electron chi connectivity index (χ1n) is 7.02. The first kappa shape index (κ1) is 14.1. The molecule has 0 saturated carbocycles. The van der Waals surface area contributed by atoms with Crippen molar-refractivity contribution in [3.8, 4) is 0 Å². The second-order valence-corrected chi connectivity index (χ2v) is 5.32. The minimum Gasteiger partial charge on any atom is -0.458 e. The van der Waals surface area contributed by atoms with Crippen LogP contribution in [0.2, 0.25) is 0 Å². The molecule has 2 rings (SSSR count). The van der Waals surface area contributed by atoms with Crippen molar-refractivity contribution in [2.45, 2.75) is 39.7 Å². The molecular weight excluding hydrogens is 241 g/mol. The topological polar surface area (TPSA) is 25.2 Å². The second-order valence-electron chi connectivity index (χ2n) is 5.32. The Labute approximate surface area is 114 Å². The molecule has 0 fully saturated rings. The van der Waals surface area contributed by atoms with E-state index in [4.69, 9.17) is 4.42 Å². The van der Waals surface area contributed by atoms with Crippen molar-refractivity contribution >= 4 is 11.0 Å². The fourth-order valence-electron chi connectivity index (χ4n) is 2.44. The minimum absolute atomic E-state index is 0.282. The Balaban J connectivity index is 2.07. The number of hydrogen-bond donors (Lipinski definition) is 1. The first-order valence-corrected chi connectivity index (χ1v) is 7.02. The normalized spacial score (nSPS) is 13.3. The summed E-state index contributed by atoms with van der Waals surface area (Å²) in [6.07, 6.45) is 1.84. The molecule has 0 saturated heterocycles. The highest BCUT2D eigenvalue weighted by Gasteiger charge is 2.14. The van der Waals surface area contributed by atoms with E-state index in [2.05, 4.69) is 26.1 Å². The molecule has 19 heavy (non-hydrogen) atoms. The molecule has 1 aromatic carbocycles. The van der Waals surface area contributed by atoms with Crippen molar-refractivity contribution in [2.75, 3.05) is 6.54 Å². The van der Waals surface area contributed by atoms with Crippen molar-refractivity contribution in [2.24, 2.45) is 5.92 Å². The summed E-state index contributed by atoms with van der Waals surface area (Å²) in [5, 5.41) is 4.33. The minimum atomic E-state index is -0.282. The molecule has 1 unspecified atom stereocenters. The van der Waals surface area contributed by atoms with Gasteiger partial charge in [0.2, 0.25) is 0 Å². The van der Waals surface area contributed by atoms with Gasteiger partial charge in [-0.2, -0.15) is 0 Å². The third-order valence-electron chi connectivity index (χ3n) is 3.52. The van der Waals surface area contributed by atoms with E-state index in [9.17, 15) is 4.39 Å². The van der Waals surface area contributed by atoms with Gasteiger partial charge >= 0.3 is 0 Å². The molecular formula is C16H22FNO. The predicted molar refractivity (Wildman–Crippen MR) is 76.8 cm³/mol. The van der Waals surface area contributed by atoms with Gasteiger partial charge < -0.3 is 9.73 Å². The zero-order chi connectivity index (χ0) is 13.8. The molecule has 1 aromatic heterocycles. The van der Waals surface area contributed by atoms with Crippen molar-refractivity contribution in [1.82, 2.24) is 5.32 Å². The molecule has 1 heterocycles. The number of fused-ring (bicyclic) bond motifs is 1. The van der Waals surface area contributed by atoms with E-state index in [0.29, 0.717) is 17.5 Å². The van der Waals surface area contributed by atoms with Gasteiger partial charge in [0, 0.05) is 17.8 Å². The summed E-state index contributed by atoms with van der Waals surface area (Å²) in [5.41, 5.74) is 0.377. The molecule has 1 N–H and O–H groups in total. The molecule has 3 heteroatoms. The zero-order valence-corrected chi connectivity index (χ0v) is 11.9. The third kappa shape index (κ3) is 3.35. The zero-order valence-electron chi connectivity index (χ0n) is 11.9. The number of nitrogens with one attached hydrogen (secondary N) is 1. The highest BCUT2D eigenvalue weighted by molar-refractivity contribution is 5.78. The van der Waals surface area contributed by atoms with Crippen LogP contribution in [0.15, 0.2) is 28.7 Å². The molecule has 104 valence electrons. The number of rotatable bonds is 6. The summed E-state index contributed by atoms with van der Waals surface area (Å²) in [7, 11) is 0. The van der Waals surface area contributed by atoms with Crippen LogP contribution in [0.25, 0.3) is 11.0 Å². The monoisotopic (exact) mass is 263 g/mol. The fourth-order valence-corrected chi connectivity index (χ4v) is 2.44.